The van der Waals surface area contributed by atoms with E-state index in [1.54, 1.807) is 0 Å². The normalized spacial score (nSPS) is 16.8. The van der Waals surface area contributed by atoms with Crippen molar-refractivity contribution in [2.24, 2.45) is 0 Å². The van der Waals surface area contributed by atoms with Gasteiger partial charge >= 0.3 is 18.2 Å². The number of hydrogen-bond acceptors (Lipinski definition) is 2. The molecule has 0 atom stereocenters. The summed E-state index contributed by atoms with van der Waals surface area (Å²) < 4.78 is 36.6. The van der Waals surface area contributed by atoms with E-state index in [0.717, 1.165) is 4.90 Å². The Morgan fingerprint density at radius 1 is 1.37 bits per heavy atom. The minimum Gasteiger partial charge on any atom is -0.465 e. The molecule has 8 heteroatoms. The van der Waals surface area contributed by atoms with Gasteiger partial charge < -0.3 is 10.0 Å². The minimum absolute atomic E-state index is 0.118. The van der Waals surface area contributed by atoms with Crippen LogP contribution in [-0.4, -0.2) is 58.8 Å². The molecule has 0 aromatic carbocycles. The highest BCUT2D eigenvalue weighted by atomic mass is 19.4. The number of carbonyl (C=O) groups is 2. The van der Waals surface area contributed by atoms with Crippen LogP contribution in [0, 0.1) is 12.3 Å². The number of carboxylic acid groups (broad SMARTS) is 1. The van der Waals surface area contributed by atoms with Gasteiger partial charge in [-0.15, -0.1) is 6.42 Å². The van der Waals surface area contributed by atoms with Crippen molar-refractivity contribution in [2.75, 3.05) is 19.6 Å². The monoisotopic (exact) mass is 278 g/mol. The molecule has 1 rings (SSSR count). The van der Waals surface area contributed by atoms with Gasteiger partial charge in [-0.05, 0) is 12.8 Å². The second-order valence-corrected chi connectivity index (χ2v) is 4.14. The van der Waals surface area contributed by atoms with Crippen LogP contribution in [0.5, 0.6) is 0 Å². The first kappa shape index (κ1) is 15.1. The SMILES string of the molecule is C#CCN(C(=O)O)C1CCN(C(=O)C(F)(F)F)CC1. The van der Waals surface area contributed by atoms with Crippen LogP contribution >= 0.6 is 0 Å². The molecule has 19 heavy (non-hydrogen) atoms. The molecular formula is C11H13F3N2O3. The third kappa shape index (κ3) is 3.77. The molecular weight excluding hydrogens is 265 g/mol. The highest BCUT2D eigenvalue weighted by Crippen LogP contribution is 2.23. The number of likely N-dealkylation sites (tertiary alicyclic amines) is 1. The third-order valence-corrected chi connectivity index (χ3v) is 2.94. The molecule has 0 aromatic rings. The van der Waals surface area contributed by atoms with E-state index in [0.29, 0.717) is 4.90 Å². The molecule has 1 saturated heterocycles. The van der Waals surface area contributed by atoms with Crippen LogP contribution in [0.4, 0.5) is 18.0 Å². The Hall–Kier alpha value is -1.91. The van der Waals surface area contributed by atoms with Crippen molar-refractivity contribution in [3.8, 4) is 12.3 Å². The molecule has 0 spiro atoms. The van der Waals surface area contributed by atoms with E-state index in [1.807, 2.05) is 0 Å². The van der Waals surface area contributed by atoms with Gasteiger partial charge in [-0.3, -0.25) is 9.69 Å². The second kappa shape index (κ2) is 5.82. The molecule has 106 valence electrons. The number of amides is 2. The number of carbonyl (C=O) groups excluding carboxylic acids is 1. The van der Waals surface area contributed by atoms with Crippen molar-refractivity contribution in [3.05, 3.63) is 0 Å². The number of alkyl halides is 3. The first-order chi connectivity index (χ1) is 8.77. The molecule has 0 saturated carbocycles. The largest absolute Gasteiger partial charge is 0.471 e. The van der Waals surface area contributed by atoms with Crippen LogP contribution in [0.15, 0.2) is 0 Å². The molecule has 1 fully saturated rings. The highest BCUT2D eigenvalue weighted by molar-refractivity contribution is 5.82. The van der Waals surface area contributed by atoms with Crippen LogP contribution in [0.1, 0.15) is 12.8 Å². The summed E-state index contributed by atoms with van der Waals surface area (Å²) in [7, 11) is 0. The zero-order valence-electron chi connectivity index (χ0n) is 9.98. The van der Waals surface area contributed by atoms with E-state index in [-0.39, 0.29) is 32.5 Å². The molecule has 0 radical (unpaired) electrons. The number of halogens is 3. The Morgan fingerprint density at radius 3 is 2.26 bits per heavy atom. The summed E-state index contributed by atoms with van der Waals surface area (Å²) in [5, 5.41) is 8.93. The Labute approximate surface area is 108 Å². The summed E-state index contributed by atoms with van der Waals surface area (Å²) in [6, 6.07) is -0.453. The molecule has 0 aliphatic carbocycles. The van der Waals surface area contributed by atoms with E-state index in [9.17, 15) is 22.8 Å². The number of rotatable bonds is 2. The summed E-state index contributed by atoms with van der Waals surface area (Å²) in [4.78, 5) is 23.6. The first-order valence-electron chi connectivity index (χ1n) is 5.56. The lowest BCUT2D eigenvalue weighted by atomic mass is 10.0. The van der Waals surface area contributed by atoms with Gasteiger partial charge in [0.15, 0.2) is 0 Å². The van der Waals surface area contributed by atoms with Crippen molar-refractivity contribution in [1.29, 1.82) is 0 Å². The van der Waals surface area contributed by atoms with Crippen molar-refractivity contribution in [2.45, 2.75) is 25.1 Å². The molecule has 0 bridgehead atoms. The lowest BCUT2D eigenvalue weighted by Crippen LogP contribution is -2.51. The van der Waals surface area contributed by atoms with Gasteiger partial charge in [0.25, 0.3) is 0 Å². The number of piperidine rings is 1. The van der Waals surface area contributed by atoms with E-state index in [4.69, 9.17) is 11.5 Å². The first-order valence-corrected chi connectivity index (χ1v) is 5.56. The topological polar surface area (TPSA) is 60.9 Å². The summed E-state index contributed by atoms with van der Waals surface area (Å²) in [5.41, 5.74) is 0. The van der Waals surface area contributed by atoms with Crippen molar-refractivity contribution >= 4 is 12.0 Å². The maximum Gasteiger partial charge on any atom is 0.471 e. The van der Waals surface area contributed by atoms with Crippen molar-refractivity contribution < 1.29 is 27.9 Å². The standard InChI is InChI=1S/C11H13F3N2O3/c1-2-5-16(10(18)19)8-3-6-15(7-4-8)9(17)11(12,13)14/h1,8H,3-7H2,(H,18,19). The van der Waals surface area contributed by atoms with Gasteiger partial charge in [0.2, 0.25) is 0 Å². The highest BCUT2D eigenvalue weighted by Gasteiger charge is 2.43. The zero-order valence-corrected chi connectivity index (χ0v) is 9.98. The van der Waals surface area contributed by atoms with E-state index in [1.165, 1.54) is 0 Å². The summed E-state index contributed by atoms with van der Waals surface area (Å²) in [6.45, 7) is -0.373. The van der Waals surface area contributed by atoms with Gasteiger partial charge in [0.05, 0.1) is 6.54 Å². The van der Waals surface area contributed by atoms with Gasteiger partial charge in [-0.25, -0.2) is 4.79 Å². The molecule has 1 N–H and O–H groups in total. The fourth-order valence-electron chi connectivity index (χ4n) is 2.01. The summed E-state index contributed by atoms with van der Waals surface area (Å²) in [6.07, 6.45) is -0.765. The number of nitrogens with zero attached hydrogens (tertiary/aromatic N) is 2. The van der Waals surface area contributed by atoms with Crippen LogP contribution in [0.2, 0.25) is 0 Å². The Balaban J connectivity index is 2.60. The van der Waals surface area contributed by atoms with E-state index < -0.39 is 24.2 Å². The number of hydrogen-bond donors (Lipinski definition) is 1. The maximum atomic E-state index is 12.2. The van der Waals surface area contributed by atoms with Crippen molar-refractivity contribution in [3.63, 3.8) is 0 Å². The Bertz CT molecular complexity index is 395. The lowest BCUT2D eigenvalue weighted by molar-refractivity contribution is -0.186. The van der Waals surface area contributed by atoms with Crippen LogP contribution in [-0.2, 0) is 4.79 Å². The summed E-state index contributed by atoms with van der Waals surface area (Å²) >= 11 is 0. The van der Waals surface area contributed by atoms with Gasteiger partial charge in [0, 0.05) is 19.1 Å². The second-order valence-electron chi connectivity index (χ2n) is 4.14. The molecule has 1 aliphatic heterocycles. The van der Waals surface area contributed by atoms with Crippen LogP contribution < -0.4 is 0 Å². The molecule has 1 aliphatic rings. The maximum absolute atomic E-state index is 12.2. The quantitative estimate of drug-likeness (QED) is 0.771. The summed E-state index contributed by atoms with van der Waals surface area (Å²) in [5.74, 6) is 0.305. The third-order valence-electron chi connectivity index (χ3n) is 2.94. The van der Waals surface area contributed by atoms with Crippen LogP contribution in [0.25, 0.3) is 0 Å². The average molecular weight is 278 g/mol. The molecule has 0 unspecified atom stereocenters. The molecule has 1 heterocycles. The van der Waals surface area contributed by atoms with Gasteiger partial charge in [-0.1, -0.05) is 5.92 Å². The smallest absolute Gasteiger partial charge is 0.465 e. The zero-order chi connectivity index (χ0) is 14.6. The lowest BCUT2D eigenvalue weighted by Gasteiger charge is -2.36. The fraction of sp³-hybridized carbons (Fsp3) is 0.636. The van der Waals surface area contributed by atoms with E-state index in [2.05, 4.69) is 5.92 Å². The van der Waals surface area contributed by atoms with Gasteiger partial charge in [0.1, 0.15) is 0 Å². The van der Waals surface area contributed by atoms with E-state index >= 15 is 0 Å². The molecule has 2 amide bonds. The average Bonchev–Trinajstić information content (AvgIpc) is 2.34. The predicted octanol–water partition coefficient (Wildman–Crippen LogP) is 1.15. The molecule has 0 aromatic heterocycles. The minimum atomic E-state index is -4.89. The molecule has 5 nitrogen and oxygen atoms in total. The van der Waals surface area contributed by atoms with Crippen molar-refractivity contribution in [1.82, 2.24) is 9.80 Å². The van der Waals surface area contributed by atoms with Crippen LogP contribution in [0.3, 0.4) is 0 Å². The Kier molecular flexibility index (Phi) is 4.64. The number of terminal acetylenes is 1. The predicted molar refractivity (Wildman–Crippen MR) is 59.2 cm³/mol. The van der Waals surface area contributed by atoms with Gasteiger partial charge in [-0.2, -0.15) is 13.2 Å². The Morgan fingerprint density at radius 2 is 1.89 bits per heavy atom. The fourth-order valence-corrected chi connectivity index (χ4v) is 2.01.